The summed E-state index contributed by atoms with van der Waals surface area (Å²) in [4.78, 5) is 28.0. The van der Waals surface area contributed by atoms with Crippen LogP contribution in [0.1, 0.15) is 37.0 Å². The van der Waals surface area contributed by atoms with Gasteiger partial charge in [-0.3, -0.25) is 4.79 Å². The fourth-order valence-corrected chi connectivity index (χ4v) is 5.37. The molecule has 1 unspecified atom stereocenters. The number of amides is 2. The summed E-state index contributed by atoms with van der Waals surface area (Å²) in [6.07, 6.45) is 1.55. The molecule has 0 N–H and O–H groups in total. The lowest BCUT2D eigenvalue weighted by atomic mass is 10.0. The zero-order chi connectivity index (χ0) is 21.0. The maximum absolute atomic E-state index is 12.9. The van der Waals surface area contributed by atoms with Crippen molar-refractivity contribution in [1.29, 1.82) is 0 Å². The van der Waals surface area contributed by atoms with Crippen molar-refractivity contribution in [2.45, 2.75) is 31.6 Å². The van der Waals surface area contributed by atoms with E-state index in [0.717, 1.165) is 12.8 Å². The number of ether oxygens (including phenoxy) is 1. The molecule has 2 heterocycles. The van der Waals surface area contributed by atoms with Gasteiger partial charge in [-0.15, -0.1) is 0 Å². The molecule has 0 radical (unpaired) electrons. The molecule has 1 aromatic rings. The van der Waals surface area contributed by atoms with Gasteiger partial charge in [-0.25, -0.2) is 13.2 Å². The zero-order valence-corrected chi connectivity index (χ0v) is 17.9. The van der Waals surface area contributed by atoms with E-state index in [2.05, 4.69) is 6.92 Å². The lowest BCUT2D eigenvalue weighted by molar-refractivity contribution is 0.0570. The van der Waals surface area contributed by atoms with Gasteiger partial charge < -0.3 is 14.5 Å². The third kappa shape index (κ3) is 4.90. The molecular formula is C20H29N3O5S. The molecule has 2 amide bonds. The number of carbonyl (C=O) groups excluding carboxylic acids is 2. The van der Waals surface area contributed by atoms with Crippen molar-refractivity contribution in [2.75, 3.05) is 45.9 Å². The maximum atomic E-state index is 12.9. The standard InChI is InChI=1S/C20H29N3O5S/c1-3-28-20(25)22-13-11-21(12-14-22)19(24)17-6-8-18(9-7-17)29(26,27)23-10-4-5-16(2)15-23/h6-9,16H,3-5,10-15H2,1-2H3. The third-order valence-electron chi connectivity index (χ3n) is 5.45. The number of rotatable bonds is 4. The van der Waals surface area contributed by atoms with Crippen molar-refractivity contribution < 1.29 is 22.7 Å². The minimum Gasteiger partial charge on any atom is -0.450 e. The first kappa shape index (κ1) is 21.6. The molecule has 160 valence electrons. The van der Waals surface area contributed by atoms with Crippen LogP contribution in [0.15, 0.2) is 29.2 Å². The summed E-state index contributed by atoms with van der Waals surface area (Å²) in [6.45, 7) is 6.90. The average Bonchev–Trinajstić information content (AvgIpc) is 2.73. The van der Waals surface area contributed by atoms with Gasteiger partial charge in [0.1, 0.15) is 0 Å². The van der Waals surface area contributed by atoms with E-state index in [4.69, 9.17) is 4.74 Å². The number of hydrogen-bond donors (Lipinski definition) is 0. The number of piperidine rings is 1. The van der Waals surface area contributed by atoms with Crippen LogP contribution in [-0.2, 0) is 14.8 Å². The summed E-state index contributed by atoms with van der Waals surface area (Å²) < 4.78 is 32.2. The number of benzene rings is 1. The highest BCUT2D eigenvalue weighted by Crippen LogP contribution is 2.24. The van der Waals surface area contributed by atoms with Crippen molar-refractivity contribution in [3.05, 3.63) is 29.8 Å². The van der Waals surface area contributed by atoms with Crippen LogP contribution < -0.4 is 0 Å². The third-order valence-corrected chi connectivity index (χ3v) is 7.33. The van der Waals surface area contributed by atoms with E-state index in [1.165, 1.54) is 16.4 Å². The number of sulfonamides is 1. The Balaban J connectivity index is 1.63. The Morgan fingerprint density at radius 2 is 1.66 bits per heavy atom. The quantitative estimate of drug-likeness (QED) is 0.739. The smallest absolute Gasteiger partial charge is 0.409 e. The van der Waals surface area contributed by atoms with Gasteiger partial charge in [-0.05, 0) is 49.9 Å². The highest BCUT2D eigenvalue weighted by molar-refractivity contribution is 7.89. The monoisotopic (exact) mass is 423 g/mol. The Labute approximate surface area is 172 Å². The summed E-state index contributed by atoms with van der Waals surface area (Å²) in [5, 5.41) is 0. The Hall–Kier alpha value is -2.13. The largest absolute Gasteiger partial charge is 0.450 e. The molecule has 1 aromatic carbocycles. The summed E-state index contributed by atoms with van der Waals surface area (Å²) >= 11 is 0. The van der Waals surface area contributed by atoms with E-state index in [-0.39, 0.29) is 16.9 Å². The maximum Gasteiger partial charge on any atom is 0.409 e. The van der Waals surface area contributed by atoms with Gasteiger partial charge in [-0.2, -0.15) is 4.31 Å². The van der Waals surface area contributed by atoms with Gasteiger partial charge in [0.05, 0.1) is 11.5 Å². The normalized spacial score (nSPS) is 21.1. The second kappa shape index (κ2) is 9.13. The molecule has 1 atom stereocenters. The highest BCUT2D eigenvalue weighted by atomic mass is 32.2. The summed E-state index contributed by atoms with van der Waals surface area (Å²) in [5.41, 5.74) is 0.445. The predicted octanol–water partition coefficient (Wildman–Crippen LogP) is 2.02. The molecule has 0 bridgehead atoms. The molecule has 8 nitrogen and oxygen atoms in total. The number of piperazine rings is 1. The van der Waals surface area contributed by atoms with E-state index in [1.807, 2.05) is 0 Å². The summed E-state index contributed by atoms with van der Waals surface area (Å²) in [7, 11) is -3.53. The van der Waals surface area contributed by atoms with E-state index in [0.29, 0.717) is 57.4 Å². The lowest BCUT2D eigenvalue weighted by Crippen LogP contribution is -2.50. The highest BCUT2D eigenvalue weighted by Gasteiger charge is 2.29. The van der Waals surface area contributed by atoms with Crippen molar-refractivity contribution in [3.8, 4) is 0 Å². The minimum absolute atomic E-state index is 0.163. The Kier molecular flexibility index (Phi) is 6.79. The van der Waals surface area contributed by atoms with Crippen molar-refractivity contribution in [1.82, 2.24) is 14.1 Å². The molecule has 9 heteroatoms. The lowest BCUT2D eigenvalue weighted by Gasteiger charge is -2.34. The topological polar surface area (TPSA) is 87.2 Å². The van der Waals surface area contributed by atoms with Crippen LogP contribution in [-0.4, -0.2) is 80.4 Å². The van der Waals surface area contributed by atoms with Gasteiger partial charge in [0.15, 0.2) is 0 Å². The first-order valence-corrected chi connectivity index (χ1v) is 11.6. The van der Waals surface area contributed by atoms with Crippen LogP contribution in [0, 0.1) is 5.92 Å². The predicted molar refractivity (Wildman–Crippen MR) is 108 cm³/mol. The van der Waals surface area contributed by atoms with Gasteiger partial charge >= 0.3 is 6.09 Å². The van der Waals surface area contributed by atoms with Gasteiger partial charge in [0.2, 0.25) is 10.0 Å². The molecule has 3 rings (SSSR count). The van der Waals surface area contributed by atoms with Crippen molar-refractivity contribution >= 4 is 22.0 Å². The van der Waals surface area contributed by atoms with Crippen LogP contribution in [0.3, 0.4) is 0 Å². The zero-order valence-electron chi connectivity index (χ0n) is 17.0. The van der Waals surface area contributed by atoms with Gasteiger partial charge in [-0.1, -0.05) is 6.92 Å². The molecular weight excluding hydrogens is 394 g/mol. The second-order valence-electron chi connectivity index (χ2n) is 7.61. The molecule has 0 aromatic heterocycles. The van der Waals surface area contributed by atoms with Gasteiger partial charge in [0.25, 0.3) is 5.91 Å². The van der Waals surface area contributed by atoms with E-state index in [9.17, 15) is 18.0 Å². The molecule has 0 aliphatic carbocycles. The van der Waals surface area contributed by atoms with E-state index < -0.39 is 10.0 Å². The molecule has 2 fully saturated rings. The van der Waals surface area contributed by atoms with Crippen LogP contribution in [0.5, 0.6) is 0 Å². The van der Waals surface area contributed by atoms with Gasteiger partial charge in [0, 0.05) is 44.8 Å². The summed E-state index contributed by atoms with van der Waals surface area (Å²) in [6, 6.07) is 6.16. The van der Waals surface area contributed by atoms with Crippen LogP contribution in [0.2, 0.25) is 0 Å². The minimum atomic E-state index is -3.53. The molecule has 2 aliphatic rings. The molecule has 2 saturated heterocycles. The summed E-state index contributed by atoms with van der Waals surface area (Å²) in [5.74, 6) is 0.191. The van der Waals surface area contributed by atoms with Crippen LogP contribution in [0.4, 0.5) is 4.79 Å². The van der Waals surface area contributed by atoms with E-state index in [1.54, 1.807) is 28.9 Å². The Morgan fingerprint density at radius 3 is 2.24 bits per heavy atom. The molecule has 0 saturated carbocycles. The molecule has 0 spiro atoms. The Morgan fingerprint density at radius 1 is 1.03 bits per heavy atom. The van der Waals surface area contributed by atoms with Crippen molar-refractivity contribution in [3.63, 3.8) is 0 Å². The first-order valence-electron chi connectivity index (χ1n) is 10.1. The first-order chi connectivity index (χ1) is 13.8. The average molecular weight is 424 g/mol. The molecule has 29 heavy (non-hydrogen) atoms. The molecule has 2 aliphatic heterocycles. The van der Waals surface area contributed by atoms with Crippen molar-refractivity contribution in [2.24, 2.45) is 5.92 Å². The fourth-order valence-electron chi connectivity index (χ4n) is 3.77. The number of hydrogen-bond acceptors (Lipinski definition) is 5. The number of nitrogens with zero attached hydrogens (tertiary/aromatic N) is 3. The second-order valence-corrected chi connectivity index (χ2v) is 9.55. The number of carbonyl (C=O) groups is 2. The fraction of sp³-hybridized carbons (Fsp3) is 0.600. The van der Waals surface area contributed by atoms with E-state index >= 15 is 0 Å². The Bertz CT molecular complexity index is 832. The van der Waals surface area contributed by atoms with Crippen LogP contribution in [0.25, 0.3) is 0 Å². The SMILES string of the molecule is CCOC(=O)N1CCN(C(=O)c2ccc(S(=O)(=O)N3CCCC(C)C3)cc2)CC1. The van der Waals surface area contributed by atoms with Crippen LogP contribution >= 0.6 is 0 Å².